The molecule has 1 atom stereocenters. The van der Waals surface area contributed by atoms with E-state index in [4.69, 9.17) is 10.5 Å². The smallest absolute Gasteiger partial charge is 0.262 e. The third kappa shape index (κ3) is 1.88. The van der Waals surface area contributed by atoms with Crippen LogP contribution in [0.1, 0.15) is 5.56 Å². The SMILES string of the molecule is Cl.NC(=O)C1C=Cc2ccccc2O1. The third-order valence-electron chi connectivity index (χ3n) is 1.90. The van der Waals surface area contributed by atoms with Crippen LogP contribution in [0, 0.1) is 0 Å². The largest absolute Gasteiger partial charge is 0.476 e. The predicted octanol–water partition coefficient (Wildman–Crippen LogP) is 1.37. The zero-order chi connectivity index (χ0) is 9.26. The number of primary amides is 1. The highest BCUT2D eigenvalue weighted by Crippen LogP contribution is 2.24. The van der Waals surface area contributed by atoms with Gasteiger partial charge in [0.2, 0.25) is 0 Å². The molecule has 0 aromatic heterocycles. The number of halogens is 1. The van der Waals surface area contributed by atoms with E-state index >= 15 is 0 Å². The lowest BCUT2D eigenvalue weighted by Crippen LogP contribution is -2.33. The molecule has 0 spiro atoms. The molecule has 0 saturated carbocycles. The van der Waals surface area contributed by atoms with E-state index in [-0.39, 0.29) is 12.4 Å². The maximum Gasteiger partial charge on any atom is 0.262 e. The monoisotopic (exact) mass is 211 g/mol. The molecule has 1 amide bonds. The Kier molecular flexibility index (Phi) is 3.14. The molecule has 74 valence electrons. The van der Waals surface area contributed by atoms with Crippen LogP contribution in [0.15, 0.2) is 30.3 Å². The number of carbonyl (C=O) groups is 1. The van der Waals surface area contributed by atoms with E-state index in [2.05, 4.69) is 0 Å². The van der Waals surface area contributed by atoms with Crippen LogP contribution < -0.4 is 10.5 Å². The summed E-state index contributed by atoms with van der Waals surface area (Å²) in [4.78, 5) is 10.8. The van der Waals surface area contributed by atoms with E-state index in [1.165, 1.54) is 0 Å². The minimum Gasteiger partial charge on any atom is -0.476 e. The number of amides is 1. The average molecular weight is 212 g/mol. The molecule has 1 unspecified atom stereocenters. The number of carbonyl (C=O) groups excluding carboxylic acids is 1. The first-order chi connectivity index (χ1) is 6.27. The Morgan fingerprint density at radius 1 is 1.36 bits per heavy atom. The number of rotatable bonds is 1. The van der Waals surface area contributed by atoms with Gasteiger partial charge in [0.15, 0.2) is 6.10 Å². The Bertz CT molecular complexity index is 376. The molecule has 3 nitrogen and oxygen atoms in total. The molecule has 0 radical (unpaired) electrons. The first-order valence-corrected chi connectivity index (χ1v) is 4.00. The fraction of sp³-hybridized carbons (Fsp3) is 0.100. The van der Waals surface area contributed by atoms with Gasteiger partial charge in [0, 0.05) is 5.56 Å². The Balaban J connectivity index is 0.000000980. The molecule has 2 N–H and O–H groups in total. The maximum atomic E-state index is 10.8. The van der Waals surface area contributed by atoms with Crippen molar-refractivity contribution in [2.24, 2.45) is 5.73 Å². The van der Waals surface area contributed by atoms with Gasteiger partial charge < -0.3 is 10.5 Å². The molecule has 0 saturated heterocycles. The lowest BCUT2D eigenvalue weighted by atomic mass is 10.1. The normalized spacial score (nSPS) is 17.6. The Morgan fingerprint density at radius 3 is 2.79 bits per heavy atom. The topological polar surface area (TPSA) is 52.3 Å². The second kappa shape index (κ2) is 4.15. The van der Waals surface area contributed by atoms with Crippen LogP contribution in [0.3, 0.4) is 0 Å². The molecule has 1 aliphatic heterocycles. The molecule has 2 rings (SSSR count). The quantitative estimate of drug-likeness (QED) is 0.763. The molecule has 0 fully saturated rings. The Labute approximate surface area is 88.0 Å². The summed E-state index contributed by atoms with van der Waals surface area (Å²) in [7, 11) is 0. The van der Waals surface area contributed by atoms with Crippen LogP contribution in [0.25, 0.3) is 6.08 Å². The van der Waals surface area contributed by atoms with E-state index in [1.54, 1.807) is 6.08 Å². The van der Waals surface area contributed by atoms with Crippen LogP contribution in [-0.4, -0.2) is 12.0 Å². The number of ether oxygens (including phenoxy) is 1. The van der Waals surface area contributed by atoms with Crippen LogP contribution in [0.4, 0.5) is 0 Å². The fourth-order valence-electron chi connectivity index (χ4n) is 1.25. The van der Waals surface area contributed by atoms with E-state index in [0.717, 1.165) is 5.56 Å². The summed E-state index contributed by atoms with van der Waals surface area (Å²) in [6.45, 7) is 0. The summed E-state index contributed by atoms with van der Waals surface area (Å²) >= 11 is 0. The first-order valence-electron chi connectivity index (χ1n) is 4.00. The number of nitrogens with two attached hydrogens (primary N) is 1. The van der Waals surface area contributed by atoms with Gasteiger partial charge in [-0.25, -0.2) is 0 Å². The van der Waals surface area contributed by atoms with Crippen molar-refractivity contribution in [1.29, 1.82) is 0 Å². The highest BCUT2D eigenvalue weighted by atomic mass is 35.5. The predicted molar refractivity (Wildman–Crippen MR) is 56.3 cm³/mol. The zero-order valence-electron chi connectivity index (χ0n) is 7.34. The summed E-state index contributed by atoms with van der Waals surface area (Å²) in [6, 6.07) is 7.50. The minimum atomic E-state index is -0.630. The van der Waals surface area contributed by atoms with Gasteiger partial charge in [-0.2, -0.15) is 0 Å². The van der Waals surface area contributed by atoms with Gasteiger partial charge in [0.05, 0.1) is 0 Å². The molecule has 0 bridgehead atoms. The molecule has 14 heavy (non-hydrogen) atoms. The third-order valence-corrected chi connectivity index (χ3v) is 1.90. The van der Waals surface area contributed by atoms with Gasteiger partial charge in [0.25, 0.3) is 5.91 Å². The lowest BCUT2D eigenvalue weighted by Gasteiger charge is -2.18. The molecule has 1 aromatic rings. The highest BCUT2D eigenvalue weighted by molar-refractivity contribution is 5.85. The first kappa shape index (κ1) is 10.6. The second-order valence-corrected chi connectivity index (χ2v) is 2.84. The summed E-state index contributed by atoms with van der Waals surface area (Å²) in [5.74, 6) is 0.236. The van der Waals surface area contributed by atoms with Crippen molar-refractivity contribution in [1.82, 2.24) is 0 Å². The van der Waals surface area contributed by atoms with Gasteiger partial charge in [0.1, 0.15) is 5.75 Å². The molecule has 1 heterocycles. The van der Waals surface area contributed by atoms with Crippen molar-refractivity contribution in [3.8, 4) is 5.75 Å². The molecule has 4 heteroatoms. The van der Waals surface area contributed by atoms with Crippen molar-refractivity contribution in [3.63, 3.8) is 0 Å². The van der Waals surface area contributed by atoms with Gasteiger partial charge in [-0.15, -0.1) is 12.4 Å². The molecule has 0 aliphatic carbocycles. The number of hydrogen-bond acceptors (Lipinski definition) is 2. The van der Waals surface area contributed by atoms with Crippen molar-refractivity contribution in [2.45, 2.75) is 6.10 Å². The second-order valence-electron chi connectivity index (χ2n) is 2.84. The van der Waals surface area contributed by atoms with Crippen molar-refractivity contribution in [2.75, 3.05) is 0 Å². The van der Waals surface area contributed by atoms with Crippen LogP contribution in [0.2, 0.25) is 0 Å². The average Bonchev–Trinajstić information content (AvgIpc) is 2.17. The minimum absolute atomic E-state index is 0. The Morgan fingerprint density at radius 2 is 2.07 bits per heavy atom. The molecular weight excluding hydrogens is 202 g/mol. The lowest BCUT2D eigenvalue weighted by molar-refractivity contribution is -0.122. The van der Waals surface area contributed by atoms with Crippen LogP contribution in [0.5, 0.6) is 5.75 Å². The van der Waals surface area contributed by atoms with Gasteiger partial charge in [-0.1, -0.05) is 24.3 Å². The van der Waals surface area contributed by atoms with Crippen molar-refractivity contribution >= 4 is 24.4 Å². The molecule has 1 aromatic carbocycles. The van der Waals surface area contributed by atoms with Crippen molar-refractivity contribution in [3.05, 3.63) is 35.9 Å². The van der Waals surface area contributed by atoms with E-state index in [1.807, 2.05) is 30.3 Å². The number of para-hydroxylation sites is 1. The van der Waals surface area contributed by atoms with Gasteiger partial charge in [-0.3, -0.25) is 4.79 Å². The molecule has 1 aliphatic rings. The van der Waals surface area contributed by atoms with Crippen molar-refractivity contribution < 1.29 is 9.53 Å². The van der Waals surface area contributed by atoms with E-state index in [9.17, 15) is 4.79 Å². The number of benzene rings is 1. The Hall–Kier alpha value is -1.48. The van der Waals surface area contributed by atoms with E-state index < -0.39 is 12.0 Å². The summed E-state index contributed by atoms with van der Waals surface area (Å²) in [5.41, 5.74) is 6.08. The zero-order valence-corrected chi connectivity index (χ0v) is 8.16. The summed E-state index contributed by atoms with van der Waals surface area (Å²) in [6.07, 6.45) is 2.87. The van der Waals surface area contributed by atoms with Crippen LogP contribution in [-0.2, 0) is 4.79 Å². The van der Waals surface area contributed by atoms with Gasteiger partial charge >= 0.3 is 0 Å². The standard InChI is InChI=1S/C10H9NO2.ClH/c11-10(12)9-6-5-7-3-1-2-4-8(7)13-9;/h1-6,9H,(H2,11,12);1H. The molecular formula is C10H10ClNO2. The summed E-state index contributed by atoms with van der Waals surface area (Å²) in [5, 5.41) is 0. The highest BCUT2D eigenvalue weighted by Gasteiger charge is 2.18. The van der Waals surface area contributed by atoms with E-state index in [0.29, 0.717) is 5.75 Å². The van der Waals surface area contributed by atoms with Gasteiger partial charge in [-0.05, 0) is 12.1 Å². The van der Waals surface area contributed by atoms with Crippen LogP contribution >= 0.6 is 12.4 Å². The fourth-order valence-corrected chi connectivity index (χ4v) is 1.25. The maximum absolute atomic E-state index is 10.8. The number of fused-ring (bicyclic) bond motifs is 1. The number of hydrogen-bond donors (Lipinski definition) is 1. The summed E-state index contributed by atoms with van der Waals surface area (Å²) < 4.78 is 5.33.